The summed E-state index contributed by atoms with van der Waals surface area (Å²) < 4.78 is 13.5. The number of aromatic hydroxyl groups is 1. The monoisotopic (exact) mass is 511 g/mol. The summed E-state index contributed by atoms with van der Waals surface area (Å²) in [4.78, 5) is 57.5. The molecule has 4 rings (SSSR count). The van der Waals surface area contributed by atoms with Crippen LogP contribution in [0, 0.1) is 5.82 Å². The van der Waals surface area contributed by atoms with Gasteiger partial charge in [0.2, 0.25) is 17.7 Å². The molecule has 1 aromatic heterocycles. The molecule has 3 aromatic rings. The van der Waals surface area contributed by atoms with Crippen molar-refractivity contribution < 1.29 is 19.1 Å². The van der Waals surface area contributed by atoms with Gasteiger partial charge >= 0.3 is 5.69 Å². The molecule has 10 nitrogen and oxygen atoms in total. The number of anilines is 1. The number of nitrogens with one attached hydrogen (secondary N) is 4. The SMILES string of the molecule is CCc1ccc(NC(=O)CC2SC(=NC(c3ccc(F)cc3)c3c(O)[nH]c(=O)[nH]c3=O)NC2=O)cc1. The van der Waals surface area contributed by atoms with Crippen LogP contribution < -0.4 is 21.9 Å². The highest BCUT2D eigenvalue weighted by atomic mass is 32.2. The van der Waals surface area contributed by atoms with Crippen molar-refractivity contribution in [3.05, 3.63) is 91.9 Å². The zero-order valence-corrected chi connectivity index (χ0v) is 19.8. The normalized spacial score (nSPS) is 17.1. The van der Waals surface area contributed by atoms with Crippen molar-refractivity contribution in [2.45, 2.75) is 31.1 Å². The number of rotatable bonds is 7. The molecule has 2 atom stereocenters. The van der Waals surface area contributed by atoms with Crippen LogP contribution in [0.4, 0.5) is 10.1 Å². The molecule has 1 fully saturated rings. The number of hydrogen-bond donors (Lipinski definition) is 5. The quantitative estimate of drug-likeness (QED) is 0.327. The second kappa shape index (κ2) is 10.6. The molecule has 2 amide bonds. The Balaban J connectivity index is 1.56. The van der Waals surface area contributed by atoms with Gasteiger partial charge in [-0.15, -0.1) is 0 Å². The number of H-pyrrole nitrogens is 2. The van der Waals surface area contributed by atoms with E-state index in [1.165, 1.54) is 12.1 Å². The van der Waals surface area contributed by atoms with E-state index in [1.54, 1.807) is 12.1 Å². The molecule has 0 saturated carbocycles. The van der Waals surface area contributed by atoms with Crippen LogP contribution >= 0.6 is 11.8 Å². The molecular weight excluding hydrogens is 489 g/mol. The van der Waals surface area contributed by atoms with Crippen LogP contribution in [0.15, 0.2) is 63.1 Å². The number of nitrogens with zero attached hydrogens (tertiary/aromatic N) is 1. The van der Waals surface area contributed by atoms with Crippen LogP contribution in [0.3, 0.4) is 0 Å². The lowest BCUT2D eigenvalue weighted by Gasteiger charge is -2.14. The van der Waals surface area contributed by atoms with Crippen LogP contribution in [0.1, 0.15) is 36.1 Å². The van der Waals surface area contributed by atoms with Crippen molar-refractivity contribution >= 4 is 34.4 Å². The molecule has 2 unspecified atom stereocenters. The van der Waals surface area contributed by atoms with E-state index in [1.807, 2.05) is 24.0 Å². The molecule has 12 heteroatoms. The lowest BCUT2D eigenvalue weighted by Crippen LogP contribution is -2.29. The fraction of sp³-hybridized carbons (Fsp3) is 0.208. The number of aromatic amines is 2. The minimum Gasteiger partial charge on any atom is -0.494 e. The summed E-state index contributed by atoms with van der Waals surface area (Å²) in [5.41, 5.74) is -0.0372. The van der Waals surface area contributed by atoms with Crippen LogP contribution in [-0.2, 0) is 16.0 Å². The number of carbonyl (C=O) groups is 2. The second-order valence-corrected chi connectivity index (χ2v) is 9.15. The van der Waals surface area contributed by atoms with E-state index < -0.39 is 40.1 Å². The first-order chi connectivity index (χ1) is 17.2. The third-order valence-corrected chi connectivity index (χ3v) is 6.55. The predicted octanol–water partition coefficient (Wildman–Crippen LogP) is 2.18. The summed E-state index contributed by atoms with van der Waals surface area (Å²) in [6.07, 6.45) is 0.744. The van der Waals surface area contributed by atoms with Gasteiger partial charge in [-0.3, -0.25) is 24.4 Å². The topological polar surface area (TPSA) is 157 Å². The lowest BCUT2D eigenvalue weighted by atomic mass is 10.0. The van der Waals surface area contributed by atoms with E-state index >= 15 is 0 Å². The van der Waals surface area contributed by atoms with Gasteiger partial charge in [0.25, 0.3) is 5.56 Å². The van der Waals surface area contributed by atoms with Gasteiger partial charge in [-0.05, 0) is 41.8 Å². The van der Waals surface area contributed by atoms with Gasteiger partial charge in [0, 0.05) is 12.1 Å². The number of halogens is 1. The maximum absolute atomic E-state index is 13.5. The molecule has 1 aliphatic heterocycles. The molecule has 1 aliphatic rings. The number of thioether (sulfide) groups is 1. The summed E-state index contributed by atoms with van der Waals surface area (Å²) in [5.74, 6) is -2.05. The Labute approximate surface area is 208 Å². The van der Waals surface area contributed by atoms with Gasteiger partial charge in [0.05, 0.1) is 0 Å². The molecule has 5 N–H and O–H groups in total. The van der Waals surface area contributed by atoms with Gasteiger partial charge in [0.15, 0.2) is 5.17 Å². The summed E-state index contributed by atoms with van der Waals surface area (Å²) in [6.45, 7) is 2.03. The van der Waals surface area contributed by atoms with E-state index in [4.69, 9.17) is 0 Å². The van der Waals surface area contributed by atoms with E-state index in [0.29, 0.717) is 11.3 Å². The van der Waals surface area contributed by atoms with Crippen LogP contribution in [0.5, 0.6) is 5.88 Å². The number of aliphatic imine (C=N–C) groups is 1. The second-order valence-electron chi connectivity index (χ2n) is 7.96. The molecule has 186 valence electrons. The Morgan fingerprint density at radius 3 is 2.44 bits per heavy atom. The van der Waals surface area contributed by atoms with Gasteiger partial charge < -0.3 is 15.7 Å². The molecule has 0 aliphatic carbocycles. The average molecular weight is 512 g/mol. The molecule has 0 bridgehead atoms. The van der Waals surface area contributed by atoms with Crippen LogP contribution in [0.25, 0.3) is 0 Å². The fourth-order valence-electron chi connectivity index (χ4n) is 3.61. The molecular formula is C24H22FN5O5S. The first-order valence-electron chi connectivity index (χ1n) is 11.0. The standard InChI is InChI=1S/C24H22FN5O5S/c1-2-12-3-9-15(10-4-12)26-17(31)11-16-20(32)30-24(36-16)27-19(13-5-7-14(25)8-6-13)18-21(33)28-23(35)29-22(18)34/h3-10,16,19H,2,11H2,1H3,(H,26,31)(H,27,30,32)(H3,28,29,33,34,35). The Hall–Kier alpha value is -4.19. The molecule has 0 spiro atoms. The predicted molar refractivity (Wildman–Crippen MR) is 134 cm³/mol. The Bertz CT molecular complexity index is 1430. The third kappa shape index (κ3) is 5.71. The van der Waals surface area contributed by atoms with E-state index in [2.05, 4.69) is 20.6 Å². The molecule has 2 heterocycles. The maximum Gasteiger partial charge on any atom is 0.328 e. The number of aryl methyl sites for hydroxylation is 1. The van der Waals surface area contributed by atoms with Crippen LogP contribution in [-0.4, -0.2) is 37.3 Å². The molecule has 36 heavy (non-hydrogen) atoms. The van der Waals surface area contributed by atoms with Crippen molar-refractivity contribution in [2.75, 3.05) is 5.32 Å². The van der Waals surface area contributed by atoms with Crippen molar-refractivity contribution in [3.8, 4) is 5.88 Å². The average Bonchev–Trinajstić information content (AvgIpc) is 3.17. The zero-order valence-electron chi connectivity index (χ0n) is 19.0. The van der Waals surface area contributed by atoms with Crippen molar-refractivity contribution in [2.24, 2.45) is 4.99 Å². The molecule has 0 radical (unpaired) electrons. The molecule has 1 saturated heterocycles. The number of carbonyl (C=O) groups excluding carboxylic acids is 2. The summed E-state index contributed by atoms with van der Waals surface area (Å²) in [6, 6.07) is 11.2. The van der Waals surface area contributed by atoms with E-state index in [-0.39, 0.29) is 23.1 Å². The van der Waals surface area contributed by atoms with Gasteiger partial charge in [0.1, 0.15) is 22.7 Å². The van der Waals surface area contributed by atoms with Crippen molar-refractivity contribution in [3.63, 3.8) is 0 Å². The van der Waals surface area contributed by atoms with Gasteiger partial charge in [-0.25, -0.2) is 14.2 Å². The third-order valence-electron chi connectivity index (χ3n) is 5.46. The largest absolute Gasteiger partial charge is 0.494 e. The highest BCUT2D eigenvalue weighted by Gasteiger charge is 2.33. The van der Waals surface area contributed by atoms with E-state index in [0.717, 1.165) is 35.9 Å². The number of amidine groups is 1. The van der Waals surface area contributed by atoms with Gasteiger partial charge in [-0.2, -0.15) is 0 Å². The number of hydrogen-bond acceptors (Lipinski definition) is 7. The number of benzene rings is 2. The smallest absolute Gasteiger partial charge is 0.328 e. The Morgan fingerprint density at radius 1 is 1.11 bits per heavy atom. The van der Waals surface area contributed by atoms with Crippen molar-refractivity contribution in [1.29, 1.82) is 0 Å². The zero-order chi connectivity index (χ0) is 25.8. The summed E-state index contributed by atoms with van der Waals surface area (Å²) in [7, 11) is 0. The van der Waals surface area contributed by atoms with Crippen molar-refractivity contribution in [1.82, 2.24) is 15.3 Å². The number of aromatic nitrogens is 2. The van der Waals surface area contributed by atoms with E-state index in [9.17, 15) is 28.7 Å². The Morgan fingerprint density at radius 2 is 1.81 bits per heavy atom. The summed E-state index contributed by atoms with van der Waals surface area (Å²) in [5, 5.41) is 14.9. The first-order valence-corrected chi connectivity index (χ1v) is 11.9. The summed E-state index contributed by atoms with van der Waals surface area (Å²) >= 11 is 0.988. The van der Waals surface area contributed by atoms with Gasteiger partial charge in [-0.1, -0.05) is 43.0 Å². The maximum atomic E-state index is 13.5. The highest BCUT2D eigenvalue weighted by Crippen LogP contribution is 2.31. The minimum atomic E-state index is -1.18. The number of amides is 2. The molecule has 2 aromatic carbocycles. The lowest BCUT2D eigenvalue weighted by molar-refractivity contribution is -0.122. The fourth-order valence-corrected chi connectivity index (χ4v) is 4.61. The first kappa shape index (κ1) is 24.9. The van der Waals surface area contributed by atoms with Crippen LogP contribution in [0.2, 0.25) is 0 Å². The Kier molecular flexibility index (Phi) is 7.34. The minimum absolute atomic E-state index is 0.101. The highest BCUT2D eigenvalue weighted by molar-refractivity contribution is 8.15.